The Bertz CT molecular complexity index is 707. The van der Waals surface area contributed by atoms with Crippen LogP contribution in [0.2, 0.25) is 0 Å². The standard InChI is InChI=1S/C17H20BrN3O3/c1-21(2)6-7-24-16-9-14(4-5-15(16)23-3)20-17(22)12-8-13(18)11-19-10-12/h4-5,8-11H,6-7H2,1-3H3,(H,20,22). The van der Waals surface area contributed by atoms with Gasteiger partial charge in [-0.05, 0) is 48.2 Å². The van der Waals surface area contributed by atoms with Crippen LogP contribution in [0.15, 0.2) is 41.1 Å². The highest BCUT2D eigenvalue weighted by Crippen LogP contribution is 2.30. The Morgan fingerprint density at radius 2 is 2.04 bits per heavy atom. The van der Waals surface area contributed by atoms with Crippen LogP contribution >= 0.6 is 15.9 Å². The molecule has 0 fully saturated rings. The Labute approximate surface area is 149 Å². The van der Waals surface area contributed by atoms with E-state index in [2.05, 4.69) is 26.2 Å². The third kappa shape index (κ3) is 5.21. The molecule has 0 radical (unpaired) electrons. The topological polar surface area (TPSA) is 63.7 Å². The first-order valence-electron chi connectivity index (χ1n) is 7.37. The number of anilines is 1. The number of rotatable bonds is 7. The fourth-order valence-corrected chi connectivity index (χ4v) is 2.31. The van der Waals surface area contributed by atoms with Crippen LogP contribution in [-0.2, 0) is 0 Å². The first-order valence-corrected chi connectivity index (χ1v) is 8.16. The number of ether oxygens (including phenoxy) is 2. The van der Waals surface area contributed by atoms with Gasteiger partial charge in [0.25, 0.3) is 5.91 Å². The SMILES string of the molecule is COc1ccc(NC(=O)c2cncc(Br)c2)cc1OCCN(C)C. The molecule has 0 aliphatic rings. The molecule has 0 saturated carbocycles. The van der Waals surface area contributed by atoms with E-state index in [1.807, 2.05) is 19.0 Å². The van der Waals surface area contributed by atoms with Gasteiger partial charge in [-0.1, -0.05) is 0 Å². The summed E-state index contributed by atoms with van der Waals surface area (Å²) in [7, 11) is 5.53. The van der Waals surface area contributed by atoms with Crippen molar-refractivity contribution >= 4 is 27.5 Å². The van der Waals surface area contributed by atoms with Crippen molar-refractivity contribution in [1.29, 1.82) is 0 Å². The first-order chi connectivity index (χ1) is 11.5. The number of benzene rings is 1. The second kappa shape index (κ2) is 8.65. The van der Waals surface area contributed by atoms with Crippen LogP contribution in [0.3, 0.4) is 0 Å². The number of methoxy groups -OCH3 is 1. The molecule has 1 amide bonds. The molecule has 0 unspecified atom stereocenters. The molecule has 1 N–H and O–H groups in total. The molecule has 0 atom stereocenters. The Morgan fingerprint density at radius 1 is 1.25 bits per heavy atom. The summed E-state index contributed by atoms with van der Waals surface area (Å²) in [5.74, 6) is 0.966. The van der Waals surface area contributed by atoms with E-state index in [9.17, 15) is 4.79 Å². The summed E-state index contributed by atoms with van der Waals surface area (Å²) in [6.45, 7) is 1.31. The van der Waals surface area contributed by atoms with Crippen LogP contribution in [0, 0.1) is 0 Å². The van der Waals surface area contributed by atoms with Crippen molar-refractivity contribution < 1.29 is 14.3 Å². The molecule has 0 aliphatic heterocycles. The fraction of sp³-hybridized carbons (Fsp3) is 0.294. The Balaban J connectivity index is 2.11. The summed E-state index contributed by atoms with van der Waals surface area (Å²) in [4.78, 5) is 18.3. The molecule has 7 heteroatoms. The van der Waals surface area contributed by atoms with E-state index in [0.29, 0.717) is 29.4 Å². The predicted octanol–water partition coefficient (Wildman–Crippen LogP) is 3.05. The molecular formula is C17H20BrN3O3. The molecule has 1 aromatic heterocycles. The van der Waals surface area contributed by atoms with Gasteiger partial charge < -0.3 is 19.7 Å². The number of amides is 1. The molecule has 0 spiro atoms. The molecule has 2 rings (SSSR count). The summed E-state index contributed by atoms with van der Waals surface area (Å²) < 4.78 is 11.8. The molecule has 1 aromatic carbocycles. The van der Waals surface area contributed by atoms with E-state index in [1.165, 1.54) is 6.20 Å². The van der Waals surface area contributed by atoms with Gasteiger partial charge in [0.1, 0.15) is 6.61 Å². The number of nitrogens with one attached hydrogen (secondary N) is 1. The Hall–Kier alpha value is -2.12. The van der Waals surface area contributed by atoms with E-state index in [1.54, 1.807) is 37.6 Å². The number of likely N-dealkylation sites (N-methyl/N-ethyl adjacent to an activating group) is 1. The number of nitrogens with zero attached hydrogens (tertiary/aromatic N) is 2. The highest BCUT2D eigenvalue weighted by Gasteiger charge is 2.10. The maximum Gasteiger partial charge on any atom is 0.257 e. The van der Waals surface area contributed by atoms with Gasteiger partial charge in [0, 0.05) is 35.2 Å². The van der Waals surface area contributed by atoms with E-state index in [-0.39, 0.29) is 5.91 Å². The average molecular weight is 394 g/mol. The zero-order valence-corrected chi connectivity index (χ0v) is 15.5. The highest BCUT2D eigenvalue weighted by molar-refractivity contribution is 9.10. The summed E-state index contributed by atoms with van der Waals surface area (Å²) in [6.07, 6.45) is 3.14. The average Bonchev–Trinajstić information content (AvgIpc) is 2.55. The molecule has 0 saturated heterocycles. The van der Waals surface area contributed by atoms with Crippen molar-refractivity contribution in [3.05, 3.63) is 46.7 Å². The number of carbonyl (C=O) groups is 1. The number of hydrogen-bond acceptors (Lipinski definition) is 5. The van der Waals surface area contributed by atoms with Gasteiger partial charge in [-0.15, -0.1) is 0 Å². The van der Waals surface area contributed by atoms with Crippen LogP contribution in [0.1, 0.15) is 10.4 Å². The van der Waals surface area contributed by atoms with E-state index >= 15 is 0 Å². The van der Waals surface area contributed by atoms with Gasteiger partial charge >= 0.3 is 0 Å². The molecule has 1 heterocycles. The smallest absolute Gasteiger partial charge is 0.257 e. The summed E-state index contributed by atoms with van der Waals surface area (Å²) in [6, 6.07) is 6.98. The Morgan fingerprint density at radius 3 is 2.71 bits per heavy atom. The quantitative estimate of drug-likeness (QED) is 0.782. The van der Waals surface area contributed by atoms with Crippen LogP contribution in [0.4, 0.5) is 5.69 Å². The molecule has 24 heavy (non-hydrogen) atoms. The number of pyridine rings is 1. The minimum atomic E-state index is -0.242. The number of hydrogen-bond donors (Lipinski definition) is 1. The zero-order valence-electron chi connectivity index (χ0n) is 13.9. The predicted molar refractivity (Wildman–Crippen MR) is 96.9 cm³/mol. The normalized spacial score (nSPS) is 10.5. The lowest BCUT2D eigenvalue weighted by Crippen LogP contribution is -2.19. The van der Waals surface area contributed by atoms with E-state index in [0.717, 1.165) is 11.0 Å². The van der Waals surface area contributed by atoms with Crippen LogP contribution < -0.4 is 14.8 Å². The molecule has 0 bridgehead atoms. The minimum absolute atomic E-state index is 0.242. The van der Waals surface area contributed by atoms with E-state index < -0.39 is 0 Å². The highest BCUT2D eigenvalue weighted by atomic mass is 79.9. The van der Waals surface area contributed by atoms with Crippen molar-refractivity contribution in [3.63, 3.8) is 0 Å². The lowest BCUT2D eigenvalue weighted by molar-refractivity contribution is 0.102. The molecule has 6 nitrogen and oxygen atoms in total. The first kappa shape index (κ1) is 18.2. The number of carbonyl (C=O) groups excluding carboxylic acids is 1. The van der Waals surface area contributed by atoms with Crippen LogP contribution in [0.5, 0.6) is 11.5 Å². The van der Waals surface area contributed by atoms with Gasteiger partial charge in [-0.3, -0.25) is 9.78 Å². The molecular weight excluding hydrogens is 374 g/mol. The summed E-state index contributed by atoms with van der Waals surface area (Å²) in [5, 5.41) is 2.83. The van der Waals surface area contributed by atoms with Crippen molar-refractivity contribution in [2.24, 2.45) is 0 Å². The summed E-state index contributed by atoms with van der Waals surface area (Å²) in [5.41, 5.74) is 1.09. The maximum atomic E-state index is 12.3. The van der Waals surface area contributed by atoms with Crippen molar-refractivity contribution in [3.8, 4) is 11.5 Å². The lowest BCUT2D eigenvalue weighted by Gasteiger charge is -2.15. The van der Waals surface area contributed by atoms with Crippen molar-refractivity contribution in [2.75, 3.05) is 39.7 Å². The maximum absolute atomic E-state index is 12.3. The van der Waals surface area contributed by atoms with Gasteiger partial charge in [-0.2, -0.15) is 0 Å². The number of halogens is 1. The third-order valence-electron chi connectivity index (χ3n) is 3.18. The molecule has 2 aromatic rings. The molecule has 0 aliphatic carbocycles. The summed E-state index contributed by atoms with van der Waals surface area (Å²) >= 11 is 3.30. The monoisotopic (exact) mass is 393 g/mol. The second-order valence-corrected chi connectivity index (χ2v) is 6.28. The van der Waals surface area contributed by atoms with E-state index in [4.69, 9.17) is 9.47 Å². The zero-order chi connectivity index (χ0) is 17.5. The van der Waals surface area contributed by atoms with Gasteiger partial charge in [-0.25, -0.2) is 0 Å². The largest absolute Gasteiger partial charge is 0.493 e. The fourth-order valence-electron chi connectivity index (χ4n) is 1.94. The van der Waals surface area contributed by atoms with Gasteiger partial charge in [0.2, 0.25) is 0 Å². The Kier molecular flexibility index (Phi) is 6.57. The van der Waals surface area contributed by atoms with Crippen LogP contribution in [-0.4, -0.2) is 50.1 Å². The lowest BCUT2D eigenvalue weighted by atomic mass is 10.2. The second-order valence-electron chi connectivity index (χ2n) is 5.36. The third-order valence-corrected chi connectivity index (χ3v) is 3.62. The van der Waals surface area contributed by atoms with Crippen LogP contribution in [0.25, 0.3) is 0 Å². The van der Waals surface area contributed by atoms with Crippen molar-refractivity contribution in [1.82, 2.24) is 9.88 Å². The van der Waals surface area contributed by atoms with Crippen molar-refractivity contribution in [2.45, 2.75) is 0 Å². The molecule has 128 valence electrons. The van der Waals surface area contributed by atoms with Gasteiger partial charge in [0.15, 0.2) is 11.5 Å². The number of aromatic nitrogens is 1. The minimum Gasteiger partial charge on any atom is -0.493 e. The van der Waals surface area contributed by atoms with Gasteiger partial charge in [0.05, 0.1) is 12.7 Å².